The molecule has 0 saturated heterocycles. The second kappa shape index (κ2) is 10.6. The van der Waals surface area contributed by atoms with Crippen LogP contribution in [0.5, 0.6) is 5.75 Å². The first-order valence-corrected chi connectivity index (χ1v) is 11.1. The molecule has 164 valence electrons. The summed E-state index contributed by atoms with van der Waals surface area (Å²) in [6.45, 7) is 2.08. The normalized spacial score (nSPS) is 10.9. The van der Waals surface area contributed by atoms with Gasteiger partial charge in [0.15, 0.2) is 5.16 Å². The first kappa shape index (κ1) is 23.1. The number of benzene rings is 2. The van der Waals surface area contributed by atoms with Crippen molar-refractivity contribution in [3.63, 3.8) is 0 Å². The average molecular weight is 463 g/mol. The number of hydrogen-bond acceptors (Lipinski definition) is 5. The van der Waals surface area contributed by atoms with E-state index in [4.69, 9.17) is 16.3 Å². The molecule has 0 radical (unpaired) electrons. The SMILES string of the molecule is COc1ccc(CCCc2nnc(SCC(=O)Nc3ccc(F)c(Cl)c3)n2C)c(C)c1. The molecule has 0 atom stereocenters. The van der Waals surface area contributed by atoms with Crippen molar-refractivity contribution < 1.29 is 13.9 Å². The maximum Gasteiger partial charge on any atom is 0.234 e. The largest absolute Gasteiger partial charge is 0.497 e. The lowest BCUT2D eigenvalue weighted by Crippen LogP contribution is -2.14. The third-order valence-electron chi connectivity index (χ3n) is 4.86. The van der Waals surface area contributed by atoms with E-state index in [0.717, 1.165) is 30.8 Å². The van der Waals surface area contributed by atoms with Crippen LogP contribution in [-0.2, 0) is 24.7 Å². The Labute approximate surface area is 190 Å². The number of carbonyl (C=O) groups excluding carboxylic acids is 1. The molecule has 6 nitrogen and oxygen atoms in total. The third-order valence-corrected chi connectivity index (χ3v) is 6.17. The summed E-state index contributed by atoms with van der Waals surface area (Å²) >= 11 is 7.03. The molecule has 0 bridgehead atoms. The van der Waals surface area contributed by atoms with Gasteiger partial charge in [0.2, 0.25) is 5.91 Å². The van der Waals surface area contributed by atoms with E-state index in [1.165, 1.54) is 41.1 Å². The predicted octanol–water partition coefficient (Wildman–Crippen LogP) is 4.83. The number of hydrogen-bond donors (Lipinski definition) is 1. The lowest BCUT2D eigenvalue weighted by Gasteiger charge is -2.08. The molecule has 9 heteroatoms. The maximum atomic E-state index is 13.2. The highest BCUT2D eigenvalue weighted by Gasteiger charge is 2.12. The molecule has 0 aliphatic rings. The standard InChI is InChI=1S/C22H24ClFN4O2S/c1-14-11-17(30-3)9-7-15(14)5-4-6-20-26-27-22(28(20)2)31-13-21(29)25-16-8-10-19(24)18(23)12-16/h7-12H,4-6,13H2,1-3H3,(H,25,29). The third kappa shape index (κ3) is 6.21. The maximum absolute atomic E-state index is 13.2. The van der Waals surface area contributed by atoms with Crippen LogP contribution < -0.4 is 10.1 Å². The Hall–Kier alpha value is -2.58. The van der Waals surface area contributed by atoms with Gasteiger partial charge in [0.1, 0.15) is 17.4 Å². The molecule has 0 spiro atoms. The minimum atomic E-state index is -0.525. The van der Waals surface area contributed by atoms with Crippen molar-refractivity contribution >= 4 is 35.0 Å². The van der Waals surface area contributed by atoms with E-state index in [2.05, 4.69) is 28.5 Å². The zero-order valence-corrected chi connectivity index (χ0v) is 19.2. The van der Waals surface area contributed by atoms with E-state index in [-0.39, 0.29) is 16.7 Å². The number of carbonyl (C=O) groups is 1. The first-order chi connectivity index (χ1) is 14.9. The van der Waals surface area contributed by atoms with Gasteiger partial charge in [0, 0.05) is 19.2 Å². The zero-order chi connectivity index (χ0) is 22.4. The van der Waals surface area contributed by atoms with E-state index >= 15 is 0 Å². The second-order valence-electron chi connectivity index (χ2n) is 7.07. The van der Waals surface area contributed by atoms with Crippen molar-refractivity contribution in [2.75, 3.05) is 18.2 Å². The Morgan fingerprint density at radius 3 is 2.74 bits per heavy atom. The second-order valence-corrected chi connectivity index (χ2v) is 8.42. The average Bonchev–Trinajstić information content (AvgIpc) is 3.10. The summed E-state index contributed by atoms with van der Waals surface area (Å²) in [4.78, 5) is 12.2. The summed E-state index contributed by atoms with van der Waals surface area (Å²) in [6, 6.07) is 10.2. The predicted molar refractivity (Wildman–Crippen MR) is 122 cm³/mol. The van der Waals surface area contributed by atoms with Crippen LogP contribution in [0.2, 0.25) is 5.02 Å². The molecule has 0 aliphatic heterocycles. The van der Waals surface area contributed by atoms with E-state index < -0.39 is 5.82 Å². The number of amides is 1. The number of methoxy groups -OCH3 is 1. The molecular weight excluding hydrogens is 439 g/mol. The van der Waals surface area contributed by atoms with Gasteiger partial charge in [-0.2, -0.15) is 0 Å². The van der Waals surface area contributed by atoms with Gasteiger partial charge in [0.05, 0.1) is 17.9 Å². The van der Waals surface area contributed by atoms with Crippen LogP contribution in [0.1, 0.15) is 23.4 Å². The number of aryl methyl sites for hydroxylation is 3. The van der Waals surface area contributed by atoms with Crippen molar-refractivity contribution in [1.82, 2.24) is 14.8 Å². The van der Waals surface area contributed by atoms with Gasteiger partial charge in [-0.15, -0.1) is 10.2 Å². The van der Waals surface area contributed by atoms with E-state index in [0.29, 0.717) is 10.8 Å². The fourth-order valence-corrected chi connectivity index (χ4v) is 4.01. The number of aromatic nitrogens is 3. The topological polar surface area (TPSA) is 69.0 Å². The van der Waals surface area contributed by atoms with Gasteiger partial charge in [0.25, 0.3) is 0 Å². The molecule has 3 rings (SSSR count). The summed E-state index contributed by atoms with van der Waals surface area (Å²) in [5.74, 6) is 1.14. The van der Waals surface area contributed by atoms with E-state index in [9.17, 15) is 9.18 Å². The molecule has 1 heterocycles. The highest BCUT2D eigenvalue weighted by atomic mass is 35.5. The number of nitrogens with one attached hydrogen (secondary N) is 1. The summed E-state index contributed by atoms with van der Waals surface area (Å²) in [5.41, 5.74) is 2.95. The molecule has 1 aromatic heterocycles. The van der Waals surface area contributed by atoms with Gasteiger partial charge in [-0.3, -0.25) is 4.79 Å². The Balaban J connectivity index is 1.49. The summed E-state index contributed by atoms with van der Waals surface area (Å²) in [7, 11) is 3.56. The Morgan fingerprint density at radius 2 is 2.03 bits per heavy atom. The molecule has 0 saturated carbocycles. The highest BCUT2D eigenvalue weighted by molar-refractivity contribution is 7.99. The fourth-order valence-electron chi connectivity index (χ4n) is 3.10. The molecule has 0 aliphatic carbocycles. The van der Waals surface area contributed by atoms with Gasteiger partial charge in [-0.05, 0) is 61.2 Å². The Morgan fingerprint density at radius 1 is 1.23 bits per heavy atom. The minimum Gasteiger partial charge on any atom is -0.497 e. The van der Waals surface area contributed by atoms with Crippen LogP contribution in [0.3, 0.4) is 0 Å². The van der Waals surface area contributed by atoms with Crippen molar-refractivity contribution in [3.8, 4) is 5.75 Å². The Kier molecular flexibility index (Phi) is 7.92. The molecule has 3 aromatic rings. The minimum absolute atomic E-state index is 0.0340. The molecular formula is C22H24ClFN4O2S. The molecule has 1 amide bonds. The van der Waals surface area contributed by atoms with Gasteiger partial charge in [-0.1, -0.05) is 29.4 Å². The highest BCUT2D eigenvalue weighted by Crippen LogP contribution is 2.22. The van der Waals surface area contributed by atoms with Crippen LogP contribution in [-0.4, -0.2) is 33.5 Å². The van der Waals surface area contributed by atoms with E-state index in [1.807, 2.05) is 23.7 Å². The lowest BCUT2D eigenvalue weighted by atomic mass is 10.0. The fraction of sp³-hybridized carbons (Fsp3) is 0.318. The summed E-state index contributed by atoms with van der Waals surface area (Å²) < 4.78 is 20.4. The van der Waals surface area contributed by atoms with Gasteiger partial charge in [-0.25, -0.2) is 4.39 Å². The molecule has 0 unspecified atom stereocenters. The quantitative estimate of drug-likeness (QED) is 0.461. The van der Waals surface area contributed by atoms with Crippen molar-refractivity contribution in [1.29, 1.82) is 0 Å². The summed E-state index contributed by atoms with van der Waals surface area (Å²) in [6.07, 6.45) is 2.67. The number of anilines is 1. The number of thioether (sulfide) groups is 1. The van der Waals surface area contributed by atoms with Crippen LogP contribution in [0.4, 0.5) is 10.1 Å². The van der Waals surface area contributed by atoms with Crippen molar-refractivity contribution in [3.05, 3.63) is 64.2 Å². The van der Waals surface area contributed by atoms with Gasteiger partial charge >= 0.3 is 0 Å². The zero-order valence-electron chi connectivity index (χ0n) is 17.6. The number of nitrogens with zero attached hydrogens (tertiary/aromatic N) is 3. The van der Waals surface area contributed by atoms with Crippen LogP contribution in [0.25, 0.3) is 0 Å². The lowest BCUT2D eigenvalue weighted by molar-refractivity contribution is -0.113. The van der Waals surface area contributed by atoms with Crippen molar-refractivity contribution in [2.45, 2.75) is 31.3 Å². The smallest absolute Gasteiger partial charge is 0.234 e. The number of rotatable bonds is 9. The number of halogens is 2. The summed E-state index contributed by atoms with van der Waals surface area (Å²) in [5, 5.41) is 11.8. The Bertz CT molecular complexity index is 1070. The molecule has 2 aromatic carbocycles. The molecule has 0 fully saturated rings. The molecule has 31 heavy (non-hydrogen) atoms. The number of ether oxygens (including phenoxy) is 1. The van der Waals surface area contributed by atoms with Crippen LogP contribution in [0, 0.1) is 12.7 Å². The van der Waals surface area contributed by atoms with Crippen LogP contribution in [0.15, 0.2) is 41.6 Å². The first-order valence-electron chi connectivity index (χ1n) is 9.77. The van der Waals surface area contributed by atoms with Crippen LogP contribution >= 0.6 is 23.4 Å². The van der Waals surface area contributed by atoms with Crippen molar-refractivity contribution in [2.24, 2.45) is 7.05 Å². The van der Waals surface area contributed by atoms with Gasteiger partial charge < -0.3 is 14.6 Å². The monoisotopic (exact) mass is 462 g/mol. The van der Waals surface area contributed by atoms with E-state index in [1.54, 1.807) is 7.11 Å². The molecule has 1 N–H and O–H groups in total.